The van der Waals surface area contributed by atoms with E-state index in [-0.39, 0.29) is 11.7 Å². The number of carbonyl (C=O) groups excluding carboxylic acids is 1. The molecule has 1 amide bonds. The van der Waals surface area contributed by atoms with Gasteiger partial charge in [0.05, 0.1) is 0 Å². The molecule has 0 aliphatic heterocycles. The largest absolute Gasteiger partial charge is 0.451 e. The Kier molecular flexibility index (Phi) is 4.41. The SMILES string of the molecule is Nc1ccc(NC(=O)c2ccc(-c3ccc(Cl)cc3Br)o2)cc1. The van der Waals surface area contributed by atoms with E-state index in [1.165, 1.54) is 0 Å². The second-order valence-corrected chi connectivity index (χ2v) is 6.15. The minimum Gasteiger partial charge on any atom is -0.451 e. The number of hydrogen-bond acceptors (Lipinski definition) is 3. The molecule has 6 heteroatoms. The summed E-state index contributed by atoms with van der Waals surface area (Å²) in [6.07, 6.45) is 0. The molecule has 116 valence electrons. The fraction of sp³-hybridized carbons (Fsp3) is 0. The lowest BCUT2D eigenvalue weighted by Gasteiger charge is -2.04. The number of benzene rings is 2. The fourth-order valence-electron chi connectivity index (χ4n) is 2.05. The van der Waals surface area contributed by atoms with Crippen molar-refractivity contribution >= 4 is 44.8 Å². The van der Waals surface area contributed by atoms with Crippen LogP contribution in [0.1, 0.15) is 10.6 Å². The third-order valence-corrected chi connectivity index (χ3v) is 4.09. The topological polar surface area (TPSA) is 68.3 Å². The monoisotopic (exact) mass is 390 g/mol. The van der Waals surface area contributed by atoms with Crippen molar-refractivity contribution < 1.29 is 9.21 Å². The van der Waals surface area contributed by atoms with Crippen molar-refractivity contribution in [2.75, 3.05) is 11.1 Å². The molecule has 3 aromatic rings. The molecule has 0 saturated carbocycles. The smallest absolute Gasteiger partial charge is 0.291 e. The van der Waals surface area contributed by atoms with Crippen molar-refractivity contribution in [3.63, 3.8) is 0 Å². The number of furan rings is 1. The summed E-state index contributed by atoms with van der Waals surface area (Å²) in [5, 5.41) is 3.37. The summed E-state index contributed by atoms with van der Waals surface area (Å²) in [5.41, 5.74) is 7.72. The molecule has 0 atom stereocenters. The van der Waals surface area contributed by atoms with Gasteiger partial charge in [-0.15, -0.1) is 0 Å². The van der Waals surface area contributed by atoms with Crippen molar-refractivity contribution in [2.45, 2.75) is 0 Å². The van der Waals surface area contributed by atoms with Crippen molar-refractivity contribution in [1.82, 2.24) is 0 Å². The lowest BCUT2D eigenvalue weighted by atomic mass is 10.2. The lowest BCUT2D eigenvalue weighted by Crippen LogP contribution is -2.10. The van der Waals surface area contributed by atoms with Crippen LogP contribution in [0.5, 0.6) is 0 Å². The summed E-state index contributed by atoms with van der Waals surface area (Å²) in [7, 11) is 0. The van der Waals surface area contributed by atoms with Crippen LogP contribution in [0.25, 0.3) is 11.3 Å². The fourth-order valence-corrected chi connectivity index (χ4v) is 2.93. The number of carbonyl (C=O) groups is 1. The highest BCUT2D eigenvalue weighted by atomic mass is 79.9. The number of nitrogen functional groups attached to an aromatic ring is 1. The molecule has 0 bridgehead atoms. The summed E-state index contributed by atoms with van der Waals surface area (Å²) < 4.78 is 6.43. The molecule has 1 aromatic heterocycles. The molecular formula is C17H12BrClN2O2. The molecule has 3 rings (SSSR count). The number of nitrogens with two attached hydrogens (primary N) is 1. The van der Waals surface area contributed by atoms with E-state index < -0.39 is 0 Å². The van der Waals surface area contributed by atoms with Crippen LogP contribution in [-0.4, -0.2) is 5.91 Å². The molecule has 23 heavy (non-hydrogen) atoms. The van der Waals surface area contributed by atoms with Crippen molar-refractivity contribution in [3.05, 3.63) is 69.9 Å². The van der Waals surface area contributed by atoms with Gasteiger partial charge >= 0.3 is 0 Å². The maximum absolute atomic E-state index is 12.2. The predicted molar refractivity (Wildman–Crippen MR) is 95.7 cm³/mol. The number of hydrogen-bond donors (Lipinski definition) is 2. The first-order valence-electron chi connectivity index (χ1n) is 6.75. The van der Waals surface area contributed by atoms with Gasteiger partial charge in [-0.2, -0.15) is 0 Å². The Labute approximate surface area is 146 Å². The third-order valence-electron chi connectivity index (χ3n) is 3.19. The number of rotatable bonds is 3. The third kappa shape index (κ3) is 3.57. The van der Waals surface area contributed by atoms with Gasteiger partial charge in [0.1, 0.15) is 5.76 Å². The summed E-state index contributed by atoms with van der Waals surface area (Å²) in [5.74, 6) is 0.473. The van der Waals surface area contributed by atoms with E-state index in [0.29, 0.717) is 22.2 Å². The highest BCUT2D eigenvalue weighted by molar-refractivity contribution is 9.10. The van der Waals surface area contributed by atoms with E-state index >= 15 is 0 Å². The Morgan fingerprint density at radius 1 is 1.09 bits per heavy atom. The van der Waals surface area contributed by atoms with Crippen molar-refractivity contribution in [1.29, 1.82) is 0 Å². The van der Waals surface area contributed by atoms with Crippen LogP contribution in [0.15, 0.2) is 63.5 Å². The maximum atomic E-state index is 12.2. The van der Waals surface area contributed by atoms with Gasteiger partial charge in [0, 0.05) is 26.4 Å². The van der Waals surface area contributed by atoms with Crippen molar-refractivity contribution in [3.8, 4) is 11.3 Å². The first kappa shape index (κ1) is 15.6. The van der Waals surface area contributed by atoms with Crippen molar-refractivity contribution in [2.24, 2.45) is 0 Å². The molecule has 3 N–H and O–H groups in total. The minimum absolute atomic E-state index is 0.221. The highest BCUT2D eigenvalue weighted by Crippen LogP contribution is 2.32. The number of halogens is 2. The van der Waals surface area contributed by atoms with Gasteiger partial charge in [0.25, 0.3) is 5.91 Å². The Balaban J connectivity index is 1.81. The zero-order chi connectivity index (χ0) is 16.4. The summed E-state index contributed by atoms with van der Waals surface area (Å²) in [6, 6.07) is 15.6. The van der Waals surface area contributed by atoms with Gasteiger partial charge in [-0.1, -0.05) is 11.6 Å². The molecule has 0 aliphatic carbocycles. The standard InChI is InChI=1S/C17H12BrClN2O2/c18-14-9-10(19)1-6-13(14)15-7-8-16(23-15)17(22)21-12-4-2-11(20)3-5-12/h1-9H,20H2,(H,21,22). The Morgan fingerprint density at radius 2 is 1.83 bits per heavy atom. The number of anilines is 2. The molecule has 2 aromatic carbocycles. The number of nitrogens with one attached hydrogen (secondary N) is 1. The molecule has 0 fully saturated rings. The van der Waals surface area contributed by atoms with Crippen LogP contribution >= 0.6 is 27.5 Å². The van der Waals surface area contributed by atoms with E-state index in [4.69, 9.17) is 21.8 Å². The van der Waals surface area contributed by atoms with E-state index in [0.717, 1.165) is 10.0 Å². The zero-order valence-electron chi connectivity index (χ0n) is 11.8. The van der Waals surface area contributed by atoms with E-state index in [9.17, 15) is 4.79 Å². The van der Waals surface area contributed by atoms with E-state index in [2.05, 4.69) is 21.2 Å². The summed E-state index contributed by atoms with van der Waals surface area (Å²) in [4.78, 5) is 12.2. The van der Waals surface area contributed by atoms with Crippen LogP contribution < -0.4 is 11.1 Å². The molecule has 1 heterocycles. The van der Waals surface area contributed by atoms with Crippen LogP contribution in [0.2, 0.25) is 5.02 Å². The van der Waals surface area contributed by atoms with E-state index in [1.54, 1.807) is 48.5 Å². The first-order chi connectivity index (χ1) is 11.0. The maximum Gasteiger partial charge on any atom is 0.291 e. The Morgan fingerprint density at radius 3 is 2.52 bits per heavy atom. The predicted octanol–water partition coefficient (Wildman–Crippen LogP) is 5.20. The normalized spacial score (nSPS) is 10.5. The minimum atomic E-state index is -0.328. The Bertz CT molecular complexity index is 859. The molecule has 0 spiro atoms. The zero-order valence-corrected chi connectivity index (χ0v) is 14.2. The van der Waals surface area contributed by atoms with Gasteiger partial charge in [-0.3, -0.25) is 4.79 Å². The molecule has 0 aliphatic rings. The van der Waals surface area contributed by atoms with Crippen LogP contribution in [0, 0.1) is 0 Å². The van der Waals surface area contributed by atoms with Crippen LogP contribution in [-0.2, 0) is 0 Å². The summed E-state index contributed by atoms with van der Waals surface area (Å²) in [6.45, 7) is 0. The number of amides is 1. The summed E-state index contributed by atoms with van der Waals surface area (Å²) >= 11 is 9.36. The molecule has 0 unspecified atom stereocenters. The van der Waals surface area contributed by atoms with Gasteiger partial charge in [0.2, 0.25) is 0 Å². The molecular weight excluding hydrogens is 380 g/mol. The van der Waals surface area contributed by atoms with Crippen LogP contribution in [0.4, 0.5) is 11.4 Å². The quantitative estimate of drug-likeness (QED) is 0.603. The van der Waals surface area contributed by atoms with Gasteiger partial charge in [-0.25, -0.2) is 0 Å². The van der Waals surface area contributed by atoms with Gasteiger partial charge in [-0.05, 0) is 70.5 Å². The second-order valence-electron chi connectivity index (χ2n) is 4.86. The molecule has 4 nitrogen and oxygen atoms in total. The molecule has 0 saturated heterocycles. The average Bonchev–Trinajstić information content (AvgIpc) is 2.99. The Hall–Kier alpha value is -2.24. The van der Waals surface area contributed by atoms with Gasteiger partial charge in [0.15, 0.2) is 5.76 Å². The van der Waals surface area contributed by atoms with E-state index in [1.807, 2.05) is 6.07 Å². The van der Waals surface area contributed by atoms with Gasteiger partial charge < -0.3 is 15.5 Å². The second kappa shape index (κ2) is 6.48. The average molecular weight is 392 g/mol. The van der Waals surface area contributed by atoms with Crippen LogP contribution in [0.3, 0.4) is 0 Å². The first-order valence-corrected chi connectivity index (χ1v) is 7.92. The highest BCUT2D eigenvalue weighted by Gasteiger charge is 2.14. The molecule has 0 radical (unpaired) electrons. The lowest BCUT2D eigenvalue weighted by molar-refractivity contribution is 0.0997.